The van der Waals surface area contributed by atoms with Crippen LogP contribution in [0, 0.1) is 13.0 Å². The molecule has 4 aromatic rings. The summed E-state index contributed by atoms with van der Waals surface area (Å²) in [4.78, 5) is 0. The number of hydrogen-bond donors (Lipinski definition) is 0. The topological polar surface area (TPSA) is 4.93 Å². The van der Waals surface area contributed by atoms with Crippen LogP contribution in [0.4, 0.5) is 0 Å². The van der Waals surface area contributed by atoms with Crippen molar-refractivity contribution < 1.29 is 32.7 Å². The predicted octanol–water partition coefficient (Wildman–Crippen LogP) is 5.53. The van der Waals surface area contributed by atoms with Crippen molar-refractivity contribution in [1.82, 2.24) is 4.57 Å². The molecule has 2 heteroatoms. The fourth-order valence-electron chi connectivity index (χ4n) is 3.06. The average Bonchev–Trinajstić information content (AvgIpc) is 2.88. The molecule has 0 fully saturated rings. The standard InChI is InChI=1S/C21H16N.Y/c1-3-16-9-11-17(12-10-16)22-20-7-5-4-6-18(20)19-13-8-15(2)14-21(19)22;/h3-4,6-14H,1H2,2H3;/q-1;. The van der Waals surface area contributed by atoms with Crippen molar-refractivity contribution in [3.8, 4) is 5.69 Å². The molecular formula is C21H16NY-. The molecule has 1 radical (unpaired) electrons. The quantitative estimate of drug-likeness (QED) is 0.408. The summed E-state index contributed by atoms with van der Waals surface area (Å²) in [7, 11) is 0. The summed E-state index contributed by atoms with van der Waals surface area (Å²) in [5.41, 5.74) is 5.99. The Hall–Kier alpha value is -1.70. The summed E-state index contributed by atoms with van der Waals surface area (Å²) in [6.45, 7) is 5.96. The SMILES string of the molecule is C=Cc1ccc(-n2c3c[c-]ccc3c3ccc(C)cc32)cc1.[Y]. The monoisotopic (exact) mass is 371 g/mol. The van der Waals surface area contributed by atoms with E-state index in [9.17, 15) is 0 Å². The molecular weight excluding hydrogens is 355 g/mol. The molecule has 4 rings (SSSR count). The van der Waals surface area contributed by atoms with Crippen molar-refractivity contribution in [2.45, 2.75) is 6.92 Å². The van der Waals surface area contributed by atoms with Gasteiger partial charge in [0.2, 0.25) is 0 Å². The summed E-state index contributed by atoms with van der Waals surface area (Å²) in [5, 5.41) is 2.55. The minimum absolute atomic E-state index is 0. The molecule has 0 aliphatic carbocycles. The Morgan fingerprint density at radius 2 is 1.70 bits per heavy atom. The van der Waals surface area contributed by atoms with Gasteiger partial charge >= 0.3 is 0 Å². The van der Waals surface area contributed by atoms with Crippen LogP contribution >= 0.6 is 0 Å². The van der Waals surface area contributed by atoms with Crippen molar-refractivity contribution in [1.29, 1.82) is 0 Å². The van der Waals surface area contributed by atoms with E-state index in [2.05, 4.69) is 78.7 Å². The largest absolute Gasteiger partial charge is 0.364 e. The molecule has 0 saturated carbocycles. The number of hydrogen-bond acceptors (Lipinski definition) is 0. The maximum atomic E-state index is 3.82. The van der Waals surface area contributed by atoms with Crippen LogP contribution in [-0.2, 0) is 32.7 Å². The molecule has 0 N–H and O–H groups in total. The molecule has 23 heavy (non-hydrogen) atoms. The van der Waals surface area contributed by atoms with E-state index in [1.54, 1.807) is 0 Å². The molecule has 1 heterocycles. The molecule has 1 nitrogen and oxygen atoms in total. The first-order valence-corrected chi connectivity index (χ1v) is 7.42. The van der Waals surface area contributed by atoms with E-state index in [1.807, 2.05) is 12.1 Å². The van der Waals surface area contributed by atoms with Crippen LogP contribution in [0.3, 0.4) is 0 Å². The van der Waals surface area contributed by atoms with Gasteiger partial charge < -0.3 is 4.57 Å². The van der Waals surface area contributed by atoms with Crippen LogP contribution in [0.1, 0.15) is 11.1 Å². The van der Waals surface area contributed by atoms with Crippen molar-refractivity contribution in [3.05, 3.63) is 84.4 Å². The molecule has 0 unspecified atom stereocenters. The fourth-order valence-corrected chi connectivity index (χ4v) is 3.06. The maximum Gasteiger partial charge on any atom is 0.0406 e. The van der Waals surface area contributed by atoms with Crippen LogP contribution in [0.5, 0.6) is 0 Å². The summed E-state index contributed by atoms with van der Waals surface area (Å²) in [6.07, 6.45) is 1.87. The number of nitrogens with zero attached hydrogens (tertiary/aromatic N) is 1. The molecule has 0 aliphatic heterocycles. The van der Waals surface area contributed by atoms with Crippen LogP contribution in [0.15, 0.2) is 67.2 Å². The fraction of sp³-hybridized carbons (Fsp3) is 0.0476. The summed E-state index contributed by atoms with van der Waals surface area (Å²) < 4.78 is 2.31. The van der Waals surface area contributed by atoms with E-state index in [0.29, 0.717) is 0 Å². The Bertz CT molecular complexity index is 994. The van der Waals surface area contributed by atoms with Gasteiger partial charge in [-0.05, 0) is 41.6 Å². The van der Waals surface area contributed by atoms with Gasteiger partial charge in [-0.15, -0.1) is 5.39 Å². The maximum absolute atomic E-state index is 3.82. The van der Waals surface area contributed by atoms with Crippen molar-refractivity contribution in [3.63, 3.8) is 0 Å². The van der Waals surface area contributed by atoms with Gasteiger partial charge in [-0.2, -0.15) is 24.3 Å². The van der Waals surface area contributed by atoms with Gasteiger partial charge in [0.25, 0.3) is 0 Å². The first-order chi connectivity index (χ1) is 10.8. The number of aryl methyl sites for hydroxylation is 1. The number of rotatable bonds is 2. The van der Waals surface area contributed by atoms with E-state index in [4.69, 9.17) is 0 Å². The zero-order valence-electron chi connectivity index (χ0n) is 13.1. The number of fused-ring (bicyclic) bond motifs is 3. The van der Waals surface area contributed by atoms with E-state index in [0.717, 1.165) is 11.3 Å². The van der Waals surface area contributed by atoms with Crippen molar-refractivity contribution >= 4 is 27.9 Å². The average molecular weight is 371 g/mol. The molecule has 0 atom stereocenters. The predicted molar refractivity (Wildman–Crippen MR) is 94.4 cm³/mol. The van der Waals surface area contributed by atoms with E-state index in [-0.39, 0.29) is 32.7 Å². The van der Waals surface area contributed by atoms with E-state index >= 15 is 0 Å². The van der Waals surface area contributed by atoms with Gasteiger partial charge in [0.15, 0.2) is 0 Å². The molecule has 1 aromatic heterocycles. The Kier molecular flexibility index (Phi) is 4.52. The van der Waals surface area contributed by atoms with E-state index < -0.39 is 0 Å². The summed E-state index contributed by atoms with van der Waals surface area (Å²) >= 11 is 0. The van der Waals surface area contributed by atoms with Crippen LogP contribution < -0.4 is 0 Å². The third kappa shape index (κ3) is 2.69. The smallest absolute Gasteiger partial charge is 0.0406 e. The number of aromatic nitrogens is 1. The molecule has 0 spiro atoms. The molecule has 0 aliphatic rings. The summed E-state index contributed by atoms with van der Waals surface area (Å²) in [6, 6.07) is 24.5. The first-order valence-electron chi connectivity index (χ1n) is 7.42. The van der Waals surface area contributed by atoms with Crippen molar-refractivity contribution in [2.24, 2.45) is 0 Å². The molecule has 109 valence electrons. The molecule has 3 aromatic carbocycles. The molecule has 0 saturated heterocycles. The third-order valence-corrected chi connectivity index (χ3v) is 4.15. The zero-order valence-corrected chi connectivity index (χ0v) is 15.9. The molecule has 0 bridgehead atoms. The Morgan fingerprint density at radius 1 is 0.957 bits per heavy atom. The number of benzene rings is 3. The second-order valence-electron chi connectivity index (χ2n) is 5.59. The second kappa shape index (κ2) is 6.43. The van der Waals surface area contributed by atoms with Crippen LogP contribution in [0.2, 0.25) is 0 Å². The Labute approximate surface area is 161 Å². The Morgan fingerprint density at radius 3 is 2.43 bits per heavy atom. The van der Waals surface area contributed by atoms with Gasteiger partial charge in [0.1, 0.15) is 0 Å². The van der Waals surface area contributed by atoms with E-state index in [1.165, 1.54) is 27.4 Å². The normalized spacial score (nSPS) is 10.7. The van der Waals surface area contributed by atoms with Gasteiger partial charge in [-0.25, -0.2) is 0 Å². The van der Waals surface area contributed by atoms with Crippen LogP contribution in [-0.4, -0.2) is 4.57 Å². The Balaban J connectivity index is 0.00000156. The van der Waals surface area contributed by atoms with Gasteiger partial charge in [-0.1, -0.05) is 42.4 Å². The molecule has 0 amide bonds. The van der Waals surface area contributed by atoms with Gasteiger partial charge in [0.05, 0.1) is 0 Å². The third-order valence-electron chi connectivity index (χ3n) is 4.15. The minimum Gasteiger partial charge on any atom is -0.364 e. The first kappa shape index (κ1) is 16.2. The zero-order chi connectivity index (χ0) is 15.1. The van der Waals surface area contributed by atoms with Crippen LogP contribution in [0.25, 0.3) is 33.6 Å². The van der Waals surface area contributed by atoms with Gasteiger partial charge in [0, 0.05) is 43.9 Å². The van der Waals surface area contributed by atoms with Crippen molar-refractivity contribution in [2.75, 3.05) is 0 Å². The minimum atomic E-state index is 0. The summed E-state index contributed by atoms with van der Waals surface area (Å²) in [5.74, 6) is 0. The second-order valence-corrected chi connectivity index (χ2v) is 5.59. The van der Waals surface area contributed by atoms with Gasteiger partial charge in [-0.3, -0.25) is 0 Å².